The lowest BCUT2D eigenvalue weighted by Gasteiger charge is -2.01. The lowest BCUT2D eigenvalue weighted by molar-refractivity contribution is 0.103. The van der Waals surface area contributed by atoms with Crippen LogP contribution in [-0.2, 0) is 0 Å². The molecule has 0 unspecified atom stereocenters. The third-order valence-electron chi connectivity index (χ3n) is 2.28. The summed E-state index contributed by atoms with van der Waals surface area (Å²) in [7, 11) is 0. The van der Waals surface area contributed by atoms with Crippen LogP contribution in [0.2, 0.25) is 0 Å². The highest BCUT2D eigenvalue weighted by Crippen LogP contribution is 2.13. The highest BCUT2D eigenvalue weighted by Gasteiger charge is 2.07. The third-order valence-corrected chi connectivity index (χ3v) is 3.00. The van der Waals surface area contributed by atoms with Crippen molar-refractivity contribution in [2.24, 2.45) is 0 Å². The van der Waals surface area contributed by atoms with E-state index >= 15 is 0 Å². The Bertz CT molecular complexity index is 455. The summed E-state index contributed by atoms with van der Waals surface area (Å²) in [4.78, 5) is 12.0. The molecule has 2 nitrogen and oxygen atoms in total. The van der Waals surface area contributed by atoms with E-state index in [4.69, 9.17) is 5.73 Å². The van der Waals surface area contributed by atoms with E-state index in [1.54, 1.807) is 24.3 Å². The number of ketones is 1. The van der Waals surface area contributed by atoms with E-state index in [-0.39, 0.29) is 5.78 Å². The second kappa shape index (κ2) is 4.65. The van der Waals surface area contributed by atoms with Crippen LogP contribution in [0, 0.1) is 3.57 Å². The largest absolute Gasteiger partial charge is 0.399 e. The maximum atomic E-state index is 12.0. The van der Waals surface area contributed by atoms with Crippen LogP contribution < -0.4 is 5.73 Å². The highest BCUT2D eigenvalue weighted by atomic mass is 127. The summed E-state index contributed by atoms with van der Waals surface area (Å²) in [5.41, 5.74) is 7.60. The normalized spacial score (nSPS) is 10.1. The first-order chi connectivity index (χ1) is 7.66. The monoisotopic (exact) mass is 323 g/mol. The molecule has 0 aliphatic rings. The van der Waals surface area contributed by atoms with Crippen molar-refractivity contribution < 1.29 is 4.79 Å². The zero-order valence-electron chi connectivity index (χ0n) is 8.48. The van der Waals surface area contributed by atoms with E-state index < -0.39 is 0 Å². The molecule has 0 bridgehead atoms. The fraction of sp³-hybridized carbons (Fsp3) is 0. The molecule has 0 spiro atoms. The molecule has 2 rings (SSSR count). The van der Waals surface area contributed by atoms with Gasteiger partial charge < -0.3 is 5.73 Å². The molecule has 0 aliphatic heterocycles. The van der Waals surface area contributed by atoms with E-state index in [1.807, 2.05) is 24.3 Å². The molecule has 0 radical (unpaired) electrons. The van der Waals surface area contributed by atoms with Gasteiger partial charge in [0.2, 0.25) is 0 Å². The molecular formula is C13H10INO. The van der Waals surface area contributed by atoms with E-state index in [0.717, 1.165) is 3.57 Å². The van der Waals surface area contributed by atoms with Gasteiger partial charge in [-0.2, -0.15) is 0 Å². The average Bonchev–Trinajstić information content (AvgIpc) is 2.30. The first-order valence-corrected chi connectivity index (χ1v) is 5.90. The number of rotatable bonds is 2. The van der Waals surface area contributed by atoms with E-state index in [2.05, 4.69) is 22.6 Å². The summed E-state index contributed by atoms with van der Waals surface area (Å²) in [6, 6.07) is 14.5. The minimum atomic E-state index is 0.0244. The Morgan fingerprint density at radius 1 is 0.875 bits per heavy atom. The Morgan fingerprint density at radius 2 is 1.31 bits per heavy atom. The van der Waals surface area contributed by atoms with Gasteiger partial charge in [-0.25, -0.2) is 0 Å². The van der Waals surface area contributed by atoms with Gasteiger partial charge in [0.1, 0.15) is 0 Å². The smallest absolute Gasteiger partial charge is 0.193 e. The van der Waals surface area contributed by atoms with Crippen LogP contribution in [0.1, 0.15) is 15.9 Å². The first kappa shape index (κ1) is 11.1. The third kappa shape index (κ3) is 2.41. The lowest BCUT2D eigenvalue weighted by Crippen LogP contribution is -2.01. The Balaban J connectivity index is 2.32. The molecule has 3 heteroatoms. The molecule has 0 amide bonds. The maximum Gasteiger partial charge on any atom is 0.193 e. The fourth-order valence-electron chi connectivity index (χ4n) is 1.40. The quantitative estimate of drug-likeness (QED) is 0.524. The van der Waals surface area contributed by atoms with Crippen LogP contribution >= 0.6 is 22.6 Å². The molecule has 0 aliphatic carbocycles. The van der Waals surface area contributed by atoms with Crippen molar-refractivity contribution in [1.29, 1.82) is 0 Å². The molecule has 2 N–H and O–H groups in total. The predicted octanol–water partition coefficient (Wildman–Crippen LogP) is 3.10. The van der Waals surface area contributed by atoms with Gasteiger partial charge in [0, 0.05) is 20.4 Å². The summed E-state index contributed by atoms with van der Waals surface area (Å²) in [5.74, 6) is 0.0244. The second-order valence-corrected chi connectivity index (χ2v) is 4.70. The van der Waals surface area contributed by atoms with Gasteiger partial charge in [-0.3, -0.25) is 4.79 Å². The standard InChI is InChI=1S/C13H10INO/c14-11-5-1-9(2-6-11)13(16)10-3-7-12(15)8-4-10/h1-8H,15H2. The number of nitrogens with two attached hydrogens (primary N) is 1. The van der Waals surface area contributed by atoms with Crippen molar-refractivity contribution in [3.05, 3.63) is 63.2 Å². The Morgan fingerprint density at radius 3 is 1.81 bits per heavy atom. The number of benzene rings is 2. The lowest BCUT2D eigenvalue weighted by atomic mass is 10.0. The van der Waals surface area contributed by atoms with Crippen molar-refractivity contribution in [1.82, 2.24) is 0 Å². The van der Waals surface area contributed by atoms with Gasteiger partial charge in [0.25, 0.3) is 0 Å². The topological polar surface area (TPSA) is 43.1 Å². The molecule has 0 saturated carbocycles. The number of carbonyl (C=O) groups is 1. The Hall–Kier alpha value is -1.36. The predicted molar refractivity (Wildman–Crippen MR) is 73.4 cm³/mol. The molecule has 2 aromatic rings. The van der Waals surface area contributed by atoms with Crippen LogP contribution in [0.15, 0.2) is 48.5 Å². The number of carbonyl (C=O) groups excluding carboxylic acids is 1. The molecular weight excluding hydrogens is 313 g/mol. The molecule has 0 aromatic heterocycles. The van der Waals surface area contributed by atoms with Gasteiger partial charge in [0.15, 0.2) is 5.78 Å². The molecule has 0 atom stereocenters. The number of hydrogen-bond acceptors (Lipinski definition) is 2. The van der Waals surface area contributed by atoms with Crippen LogP contribution in [0.5, 0.6) is 0 Å². The van der Waals surface area contributed by atoms with Gasteiger partial charge in [-0.15, -0.1) is 0 Å². The Labute approximate surface area is 108 Å². The SMILES string of the molecule is Nc1ccc(C(=O)c2ccc(I)cc2)cc1. The van der Waals surface area contributed by atoms with Gasteiger partial charge in [-0.1, -0.05) is 0 Å². The van der Waals surface area contributed by atoms with Crippen molar-refractivity contribution >= 4 is 34.1 Å². The molecule has 0 fully saturated rings. The maximum absolute atomic E-state index is 12.0. The summed E-state index contributed by atoms with van der Waals surface area (Å²) >= 11 is 2.21. The van der Waals surface area contributed by atoms with Crippen molar-refractivity contribution in [2.45, 2.75) is 0 Å². The minimum Gasteiger partial charge on any atom is -0.399 e. The number of hydrogen-bond donors (Lipinski definition) is 1. The molecule has 16 heavy (non-hydrogen) atoms. The van der Waals surface area contributed by atoms with Crippen LogP contribution in [-0.4, -0.2) is 5.78 Å². The molecule has 80 valence electrons. The Kier molecular flexibility index (Phi) is 3.24. The second-order valence-electron chi connectivity index (χ2n) is 3.46. The van der Waals surface area contributed by atoms with E-state index in [1.165, 1.54) is 0 Å². The summed E-state index contributed by atoms with van der Waals surface area (Å²) < 4.78 is 1.12. The zero-order chi connectivity index (χ0) is 11.5. The zero-order valence-corrected chi connectivity index (χ0v) is 10.6. The fourth-order valence-corrected chi connectivity index (χ4v) is 1.76. The van der Waals surface area contributed by atoms with Crippen molar-refractivity contribution in [3.8, 4) is 0 Å². The number of anilines is 1. The molecule has 2 aromatic carbocycles. The first-order valence-electron chi connectivity index (χ1n) is 4.82. The number of halogens is 1. The van der Waals surface area contributed by atoms with Crippen LogP contribution in [0.3, 0.4) is 0 Å². The van der Waals surface area contributed by atoms with Crippen LogP contribution in [0.25, 0.3) is 0 Å². The van der Waals surface area contributed by atoms with Crippen LogP contribution in [0.4, 0.5) is 5.69 Å². The average molecular weight is 323 g/mol. The van der Waals surface area contributed by atoms with E-state index in [0.29, 0.717) is 16.8 Å². The molecule has 0 heterocycles. The van der Waals surface area contributed by atoms with Gasteiger partial charge in [-0.05, 0) is 71.1 Å². The van der Waals surface area contributed by atoms with E-state index in [9.17, 15) is 4.79 Å². The minimum absolute atomic E-state index is 0.0244. The summed E-state index contributed by atoms with van der Waals surface area (Å²) in [6.45, 7) is 0. The summed E-state index contributed by atoms with van der Waals surface area (Å²) in [5, 5.41) is 0. The number of nitrogen functional groups attached to an aromatic ring is 1. The highest BCUT2D eigenvalue weighted by molar-refractivity contribution is 14.1. The van der Waals surface area contributed by atoms with Gasteiger partial charge in [0.05, 0.1) is 0 Å². The van der Waals surface area contributed by atoms with Gasteiger partial charge >= 0.3 is 0 Å². The van der Waals surface area contributed by atoms with Crippen molar-refractivity contribution in [3.63, 3.8) is 0 Å². The molecule has 0 saturated heterocycles. The summed E-state index contributed by atoms with van der Waals surface area (Å²) in [6.07, 6.45) is 0. The van der Waals surface area contributed by atoms with Crippen molar-refractivity contribution in [2.75, 3.05) is 5.73 Å².